The number of pyridine rings is 1. The van der Waals surface area contributed by atoms with E-state index in [9.17, 15) is 31.4 Å². The minimum absolute atomic E-state index is 0.0202. The van der Waals surface area contributed by atoms with Crippen molar-refractivity contribution in [1.29, 1.82) is 0 Å². The predicted octanol–water partition coefficient (Wildman–Crippen LogP) is 3.74. The number of halogens is 6. The molecule has 0 saturated carbocycles. The van der Waals surface area contributed by atoms with E-state index in [0.29, 0.717) is 30.7 Å². The maximum Gasteiger partial charge on any atom is 0.430 e. The molecule has 4 rings (SSSR count). The van der Waals surface area contributed by atoms with Gasteiger partial charge in [-0.15, -0.1) is 10.2 Å². The van der Waals surface area contributed by atoms with E-state index < -0.39 is 23.5 Å². The van der Waals surface area contributed by atoms with Gasteiger partial charge in [0.05, 0.1) is 5.69 Å². The number of aliphatic hydroxyl groups is 1. The van der Waals surface area contributed by atoms with Crippen LogP contribution in [0.1, 0.15) is 17.0 Å². The smallest absolute Gasteiger partial charge is 0.369 e. The second kappa shape index (κ2) is 6.28. The highest BCUT2D eigenvalue weighted by Gasteiger charge is 2.71. The number of aryl methyl sites for hydroxylation is 2. The Labute approximate surface area is 159 Å². The molecule has 0 atom stereocenters. The molecule has 0 aliphatic carbocycles. The van der Waals surface area contributed by atoms with Gasteiger partial charge in [-0.05, 0) is 35.7 Å². The zero-order valence-electron chi connectivity index (χ0n) is 14.5. The first-order valence-electron chi connectivity index (χ1n) is 8.36. The van der Waals surface area contributed by atoms with Gasteiger partial charge in [-0.2, -0.15) is 26.3 Å². The Bertz CT molecular complexity index is 1060. The van der Waals surface area contributed by atoms with Gasteiger partial charge in [0.2, 0.25) is 0 Å². The van der Waals surface area contributed by atoms with E-state index in [-0.39, 0.29) is 5.56 Å². The average Bonchev–Trinajstić information content (AvgIpc) is 3.14. The summed E-state index contributed by atoms with van der Waals surface area (Å²) in [6.45, 7) is 0. The molecule has 1 N–H and O–H groups in total. The molecule has 0 saturated heterocycles. The first-order valence-corrected chi connectivity index (χ1v) is 8.36. The summed E-state index contributed by atoms with van der Waals surface area (Å²) in [4.78, 5) is 3.51. The van der Waals surface area contributed by atoms with Gasteiger partial charge >= 0.3 is 12.4 Å². The molecule has 0 fully saturated rings. The summed E-state index contributed by atoms with van der Waals surface area (Å²) < 4.78 is 80.6. The third kappa shape index (κ3) is 2.96. The van der Waals surface area contributed by atoms with E-state index in [1.54, 1.807) is 22.8 Å². The molecular formula is C18H12F6N4O. The van der Waals surface area contributed by atoms with Crippen LogP contribution in [-0.2, 0) is 18.4 Å². The number of nitrogens with zero attached hydrogens (tertiary/aromatic N) is 4. The lowest BCUT2D eigenvalue weighted by molar-refractivity contribution is -0.376. The first kappa shape index (κ1) is 19.4. The van der Waals surface area contributed by atoms with Gasteiger partial charge in [0, 0.05) is 29.9 Å². The van der Waals surface area contributed by atoms with Crippen LogP contribution in [0.2, 0.25) is 0 Å². The minimum Gasteiger partial charge on any atom is -0.369 e. The molecule has 29 heavy (non-hydrogen) atoms. The van der Waals surface area contributed by atoms with E-state index in [4.69, 9.17) is 0 Å². The van der Waals surface area contributed by atoms with Gasteiger partial charge in [-0.3, -0.25) is 9.55 Å². The fourth-order valence-corrected chi connectivity index (χ4v) is 3.36. The van der Waals surface area contributed by atoms with Crippen molar-refractivity contribution in [1.82, 2.24) is 19.7 Å². The topological polar surface area (TPSA) is 63.8 Å². The van der Waals surface area contributed by atoms with Gasteiger partial charge in [0.25, 0.3) is 5.60 Å². The molecule has 3 heterocycles. The van der Waals surface area contributed by atoms with Crippen LogP contribution in [0.25, 0.3) is 16.8 Å². The molecule has 11 heteroatoms. The Morgan fingerprint density at radius 2 is 1.62 bits per heavy atom. The van der Waals surface area contributed by atoms with Crippen LogP contribution in [0.15, 0.2) is 43.0 Å². The van der Waals surface area contributed by atoms with Crippen molar-refractivity contribution in [2.24, 2.45) is 0 Å². The van der Waals surface area contributed by atoms with Crippen molar-refractivity contribution in [2.45, 2.75) is 30.8 Å². The largest absolute Gasteiger partial charge is 0.430 e. The molecule has 0 radical (unpaired) electrons. The Balaban J connectivity index is 1.79. The van der Waals surface area contributed by atoms with Gasteiger partial charge < -0.3 is 5.11 Å². The van der Waals surface area contributed by atoms with Crippen molar-refractivity contribution in [3.05, 3.63) is 59.9 Å². The summed E-state index contributed by atoms with van der Waals surface area (Å²) in [5.41, 5.74) is -4.40. The molecular weight excluding hydrogens is 402 g/mol. The third-order valence-electron chi connectivity index (χ3n) is 4.89. The second-order valence-electron chi connectivity index (χ2n) is 6.63. The van der Waals surface area contributed by atoms with Crippen LogP contribution >= 0.6 is 0 Å². The maximum absolute atomic E-state index is 13.1. The van der Waals surface area contributed by atoms with E-state index in [1.165, 1.54) is 6.33 Å². The summed E-state index contributed by atoms with van der Waals surface area (Å²) >= 11 is 0. The maximum atomic E-state index is 13.1. The molecule has 5 nitrogen and oxygen atoms in total. The molecule has 1 aliphatic rings. The van der Waals surface area contributed by atoms with Crippen LogP contribution in [-0.4, -0.2) is 37.2 Å². The van der Waals surface area contributed by atoms with E-state index in [1.807, 2.05) is 0 Å². The van der Waals surface area contributed by atoms with E-state index >= 15 is 0 Å². The summed E-state index contributed by atoms with van der Waals surface area (Å²) in [6.07, 6.45) is -7.71. The number of rotatable bonds is 2. The lowest BCUT2D eigenvalue weighted by Gasteiger charge is -2.32. The van der Waals surface area contributed by atoms with Crippen molar-refractivity contribution in [3.8, 4) is 16.8 Å². The quantitative estimate of drug-likeness (QED) is 0.649. The van der Waals surface area contributed by atoms with Crippen LogP contribution in [0, 0.1) is 0 Å². The Morgan fingerprint density at radius 3 is 2.31 bits per heavy atom. The van der Waals surface area contributed by atoms with Gasteiger partial charge in [0.15, 0.2) is 0 Å². The van der Waals surface area contributed by atoms with E-state index in [2.05, 4.69) is 15.2 Å². The van der Waals surface area contributed by atoms with E-state index in [0.717, 1.165) is 23.3 Å². The van der Waals surface area contributed by atoms with Crippen molar-refractivity contribution in [2.75, 3.05) is 0 Å². The lowest BCUT2D eigenvalue weighted by Crippen LogP contribution is -2.54. The van der Waals surface area contributed by atoms with Crippen LogP contribution < -0.4 is 0 Å². The zero-order valence-corrected chi connectivity index (χ0v) is 14.5. The Hall–Kier alpha value is -2.95. The Kier molecular flexibility index (Phi) is 4.19. The summed E-state index contributed by atoms with van der Waals surface area (Å²) in [5.74, 6) is 0.759. The molecule has 1 aromatic carbocycles. The highest BCUT2D eigenvalue weighted by molar-refractivity contribution is 5.67. The lowest BCUT2D eigenvalue weighted by atomic mass is 9.91. The van der Waals surface area contributed by atoms with Crippen molar-refractivity contribution >= 4 is 0 Å². The molecule has 0 bridgehead atoms. The molecule has 0 spiro atoms. The van der Waals surface area contributed by atoms with Gasteiger partial charge in [-0.25, -0.2) is 0 Å². The molecule has 152 valence electrons. The van der Waals surface area contributed by atoms with Crippen LogP contribution in [0.4, 0.5) is 26.3 Å². The second-order valence-corrected chi connectivity index (χ2v) is 6.63. The van der Waals surface area contributed by atoms with Crippen LogP contribution in [0.5, 0.6) is 0 Å². The molecule has 1 aliphatic heterocycles. The number of benzene rings is 1. The monoisotopic (exact) mass is 414 g/mol. The standard InChI is InChI=1S/C18H12F6N4O/c19-17(20,21)16(29,18(22,23)24)13-6-12(7-25-8-13)10-1-3-14-11(5-10)2-4-15-27-26-9-28(14)15/h1,3,5-9,29H,2,4H2. The van der Waals surface area contributed by atoms with Gasteiger partial charge in [-0.1, -0.05) is 6.07 Å². The number of aromatic nitrogens is 4. The fourth-order valence-electron chi connectivity index (χ4n) is 3.36. The Morgan fingerprint density at radius 1 is 0.897 bits per heavy atom. The number of hydrogen-bond donors (Lipinski definition) is 1. The number of hydrogen-bond acceptors (Lipinski definition) is 4. The first-order chi connectivity index (χ1) is 13.5. The van der Waals surface area contributed by atoms with Crippen molar-refractivity contribution in [3.63, 3.8) is 0 Å². The SMILES string of the molecule is OC(c1cncc(-c2ccc3c(c2)CCc2nncn2-3)c1)(C(F)(F)F)C(F)(F)F. The summed E-state index contributed by atoms with van der Waals surface area (Å²) in [5, 5.41) is 17.4. The van der Waals surface area contributed by atoms with Crippen LogP contribution in [0.3, 0.4) is 0 Å². The predicted molar refractivity (Wildman–Crippen MR) is 88.0 cm³/mol. The zero-order chi connectivity index (χ0) is 21.0. The average molecular weight is 414 g/mol. The normalized spacial score (nSPS) is 14.4. The third-order valence-corrected chi connectivity index (χ3v) is 4.89. The molecule has 0 amide bonds. The number of alkyl halides is 6. The number of fused-ring (bicyclic) bond motifs is 3. The molecule has 2 aromatic heterocycles. The van der Waals surface area contributed by atoms with Crippen molar-refractivity contribution < 1.29 is 31.4 Å². The highest BCUT2D eigenvalue weighted by Crippen LogP contribution is 2.50. The summed E-state index contributed by atoms with van der Waals surface area (Å²) in [6, 6.07) is 5.56. The fraction of sp³-hybridized carbons (Fsp3) is 0.278. The molecule has 0 unspecified atom stereocenters. The molecule has 3 aromatic rings. The highest BCUT2D eigenvalue weighted by atomic mass is 19.4. The summed E-state index contributed by atoms with van der Waals surface area (Å²) in [7, 11) is 0. The van der Waals surface area contributed by atoms with Gasteiger partial charge in [0.1, 0.15) is 12.2 Å². The minimum atomic E-state index is -5.97.